The quantitative estimate of drug-likeness (QED) is 0.565. The van der Waals surface area contributed by atoms with Gasteiger partial charge in [-0.1, -0.05) is 31.0 Å². The average Bonchev–Trinajstić information content (AvgIpc) is 3.41. The highest BCUT2D eigenvalue weighted by Gasteiger charge is 2.22. The molecular weight excluding hydrogens is 370 g/mol. The predicted molar refractivity (Wildman–Crippen MR) is 114 cm³/mol. The number of ether oxygens (including phenoxy) is 1. The number of hydrogen-bond donors (Lipinski definition) is 2. The van der Waals surface area contributed by atoms with Crippen molar-refractivity contribution >= 4 is 33.8 Å². The maximum absolute atomic E-state index is 12.3. The molecule has 1 amide bonds. The summed E-state index contributed by atoms with van der Waals surface area (Å²) in [5.41, 5.74) is 3.70. The Morgan fingerprint density at radius 2 is 1.89 bits per heavy atom. The monoisotopic (exact) mass is 393 g/mol. The molecule has 144 valence electrons. The van der Waals surface area contributed by atoms with E-state index in [4.69, 9.17) is 4.74 Å². The highest BCUT2D eigenvalue weighted by Crippen LogP contribution is 2.30. The maximum Gasteiger partial charge on any atom is 0.227 e. The molecule has 2 aromatic carbocycles. The third kappa shape index (κ3) is 4.34. The number of carbonyl (C=O) groups is 1. The van der Waals surface area contributed by atoms with Crippen LogP contribution < -0.4 is 15.4 Å². The molecule has 0 radical (unpaired) electrons. The van der Waals surface area contributed by atoms with Crippen molar-refractivity contribution in [1.82, 2.24) is 4.98 Å². The van der Waals surface area contributed by atoms with Crippen LogP contribution in [0.25, 0.3) is 11.3 Å². The predicted octanol–water partition coefficient (Wildman–Crippen LogP) is 5.69. The van der Waals surface area contributed by atoms with Crippen LogP contribution in [0.2, 0.25) is 0 Å². The Labute approximate surface area is 168 Å². The second kappa shape index (κ2) is 8.44. The van der Waals surface area contributed by atoms with Gasteiger partial charge in [-0.3, -0.25) is 4.79 Å². The van der Waals surface area contributed by atoms with Crippen LogP contribution in [0.3, 0.4) is 0 Å². The van der Waals surface area contributed by atoms with Crippen LogP contribution in [0.4, 0.5) is 16.5 Å². The van der Waals surface area contributed by atoms with Gasteiger partial charge in [-0.2, -0.15) is 0 Å². The van der Waals surface area contributed by atoms with Gasteiger partial charge < -0.3 is 15.4 Å². The van der Waals surface area contributed by atoms with Crippen LogP contribution >= 0.6 is 11.3 Å². The Kier molecular flexibility index (Phi) is 5.58. The molecule has 4 rings (SSSR count). The third-order valence-corrected chi connectivity index (χ3v) is 5.76. The fraction of sp³-hybridized carbons (Fsp3) is 0.273. The van der Waals surface area contributed by atoms with Gasteiger partial charge >= 0.3 is 0 Å². The smallest absolute Gasteiger partial charge is 0.227 e. The van der Waals surface area contributed by atoms with Gasteiger partial charge in [0.1, 0.15) is 5.75 Å². The molecule has 0 bridgehead atoms. The largest absolute Gasteiger partial charge is 0.497 e. The van der Waals surface area contributed by atoms with Gasteiger partial charge in [-0.25, -0.2) is 4.98 Å². The summed E-state index contributed by atoms with van der Waals surface area (Å²) in [6.45, 7) is 0. The van der Waals surface area contributed by atoms with Crippen molar-refractivity contribution < 1.29 is 9.53 Å². The summed E-state index contributed by atoms with van der Waals surface area (Å²) in [6, 6.07) is 15.6. The average molecular weight is 394 g/mol. The van der Waals surface area contributed by atoms with Gasteiger partial charge in [0.2, 0.25) is 5.91 Å². The highest BCUT2D eigenvalue weighted by molar-refractivity contribution is 7.14. The molecule has 0 saturated heterocycles. The zero-order valence-corrected chi connectivity index (χ0v) is 16.6. The number of hydrogen-bond acceptors (Lipinski definition) is 5. The molecule has 1 saturated carbocycles. The Balaban J connectivity index is 1.41. The molecule has 3 aromatic rings. The van der Waals surface area contributed by atoms with Crippen LogP contribution in [0.5, 0.6) is 5.75 Å². The lowest BCUT2D eigenvalue weighted by atomic mass is 10.1. The van der Waals surface area contributed by atoms with E-state index in [9.17, 15) is 4.79 Å². The minimum absolute atomic E-state index is 0.142. The fourth-order valence-electron chi connectivity index (χ4n) is 3.44. The third-order valence-electron chi connectivity index (χ3n) is 5.00. The molecule has 0 atom stereocenters. The lowest BCUT2D eigenvalue weighted by Crippen LogP contribution is -2.20. The maximum atomic E-state index is 12.3. The van der Waals surface area contributed by atoms with Gasteiger partial charge in [0.15, 0.2) is 5.13 Å². The molecule has 28 heavy (non-hydrogen) atoms. The molecule has 0 spiro atoms. The Morgan fingerprint density at radius 3 is 2.64 bits per heavy atom. The van der Waals surface area contributed by atoms with Crippen molar-refractivity contribution in [2.24, 2.45) is 5.92 Å². The number of anilines is 3. The van der Waals surface area contributed by atoms with E-state index < -0.39 is 0 Å². The molecule has 6 heteroatoms. The van der Waals surface area contributed by atoms with Crippen LogP contribution in [0, 0.1) is 5.92 Å². The second-order valence-electron chi connectivity index (χ2n) is 6.94. The molecule has 1 fully saturated rings. The van der Waals surface area contributed by atoms with Crippen molar-refractivity contribution in [3.05, 3.63) is 53.9 Å². The first kappa shape index (κ1) is 18.5. The first-order valence-corrected chi connectivity index (χ1v) is 10.4. The first-order chi connectivity index (χ1) is 13.7. The zero-order chi connectivity index (χ0) is 19.3. The summed E-state index contributed by atoms with van der Waals surface area (Å²) in [5, 5.41) is 9.18. The van der Waals surface area contributed by atoms with E-state index in [0.29, 0.717) is 0 Å². The van der Waals surface area contributed by atoms with Crippen molar-refractivity contribution in [3.8, 4) is 17.0 Å². The van der Waals surface area contributed by atoms with E-state index in [0.717, 1.165) is 59.2 Å². The zero-order valence-electron chi connectivity index (χ0n) is 15.8. The summed E-state index contributed by atoms with van der Waals surface area (Å²) < 4.78 is 5.25. The van der Waals surface area contributed by atoms with Crippen molar-refractivity contribution in [2.45, 2.75) is 25.7 Å². The molecular formula is C22H23N3O2S. The molecule has 0 unspecified atom stereocenters. The number of benzene rings is 2. The van der Waals surface area contributed by atoms with Crippen molar-refractivity contribution in [2.75, 3.05) is 17.7 Å². The summed E-state index contributed by atoms with van der Waals surface area (Å²) >= 11 is 1.55. The number of amides is 1. The van der Waals surface area contributed by atoms with Gasteiger partial charge in [0.25, 0.3) is 0 Å². The summed E-state index contributed by atoms with van der Waals surface area (Å²) in [7, 11) is 1.65. The number of methoxy groups -OCH3 is 1. The molecule has 2 N–H and O–H groups in total. The van der Waals surface area contributed by atoms with Crippen LogP contribution in [-0.2, 0) is 4.79 Å². The fourth-order valence-corrected chi connectivity index (χ4v) is 4.18. The molecule has 1 aliphatic rings. The summed E-state index contributed by atoms with van der Waals surface area (Å²) in [4.78, 5) is 16.9. The minimum atomic E-state index is 0.142. The topological polar surface area (TPSA) is 63.2 Å². The van der Waals surface area contributed by atoms with Crippen molar-refractivity contribution in [1.29, 1.82) is 0 Å². The SMILES string of the molecule is COc1cccc(Nc2nc(-c3ccc(NC(=O)C4CCCC4)cc3)cs2)c1. The normalized spacial score (nSPS) is 14.0. The second-order valence-corrected chi connectivity index (χ2v) is 7.80. The number of rotatable bonds is 6. The molecule has 0 aliphatic heterocycles. The lowest BCUT2D eigenvalue weighted by Gasteiger charge is -2.10. The number of carbonyl (C=O) groups excluding carboxylic acids is 1. The number of aromatic nitrogens is 1. The van der Waals surface area contributed by atoms with E-state index in [-0.39, 0.29) is 11.8 Å². The van der Waals surface area contributed by atoms with Crippen molar-refractivity contribution in [3.63, 3.8) is 0 Å². The number of nitrogens with one attached hydrogen (secondary N) is 2. The van der Waals surface area contributed by atoms with Gasteiger partial charge in [-0.05, 0) is 37.1 Å². The first-order valence-electron chi connectivity index (χ1n) is 9.49. The number of nitrogens with zero attached hydrogens (tertiary/aromatic N) is 1. The summed E-state index contributed by atoms with van der Waals surface area (Å²) in [5.74, 6) is 1.11. The van der Waals surface area contributed by atoms with Crippen LogP contribution in [0.15, 0.2) is 53.9 Å². The van der Waals surface area contributed by atoms with E-state index in [1.807, 2.05) is 53.9 Å². The minimum Gasteiger partial charge on any atom is -0.497 e. The molecule has 1 aliphatic carbocycles. The molecule has 5 nitrogen and oxygen atoms in total. The van der Waals surface area contributed by atoms with Gasteiger partial charge in [0, 0.05) is 34.3 Å². The Bertz CT molecular complexity index is 946. The Morgan fingerprint density at radius 1 is 1.11 bits per heavy atom. The van der Waals surface area contributed by atoms with E-state index in [1.54, 1.807) is 18.4 Å². The standard InChI is InChI=1S/C22H23N3O2S/c1-27-19-8-4-7-18(13-19)24-22-25-20(14-28-22)15-9-11-17(12-10-15)23-21(26)16-5-2-3-6-16/h4,7-14,16H,2-3,5-6H2,1H3,(H,23,26)(H,24,25). The molecule has 1 heterocycles. The van der Waals surface area contributed by atoms with E-state index in [1.165, 1.54) is 0 Å². The highest BCUT2D eigenvalue weighted by atomic mass is 32.1. The van der Waals surface area contributed by atoms with E-state index >= 15 is 0 Å². The van der Waals surface area contributed by atoms with Gasteiger partial charge in [0.05, 0.1) is 12.8 Å². The number of thiazole rings is 1. The van der Waals surface area contributed by atoms with Crippen LogP contribution in [-0.4, -0.2) is 18.0 Å². The Hall–Kier alpha value is -2.86. The molecule has 1 aromatic heterocycles. The van der Waals surface area contributed by atoms with Gasteiger partial charge in [-0.15, -0.1) is 11.3 Å². The van der Waals surface area contributed by atoms with Crippen LogP contribution in [0.1, 0.15) is 25.7 Å². The lowest BCUT2D eigenvalue weighted by molar-refractivity contribution is -0.119. The summed E-state index contributed by atoms with van der Waals surface area (Å²) in [6.07, 6.45) is 4.33. The van der Waals surface area contributed by atoms with E-state index in [2.05, 4.69) is 15.6 Å².